The van der Waals surface area contributed by atoms with Crippen LogP contribution in [0.15, 0.2) is 0 Å². The van der Waals surface area contributed by atoms with Gasteiger partial charge in [0.15, 0.2) is 0 Å². The van der Waals surface area contributed by atoms with Gasteiger partial charge in [-0.05, 0) is 19.6 Å². The molecule has 0 unspecified atom stereocenters. The van der Waals surface area contributed by atoms with Crippen molar-refractivity contribution >= 4 is 57.2 Å². The molecule has 0 bridgehead atoms. The molecule has 0 aliphatic carbocycles. The first-order valence-electron chi connectivity index (χ1n) is 12.0. The van der Waals surface area contributed by atoms with Crippen molar-refractivity contribution in [2.24, 2.45) is 0 Å². The van der Waals surface area contributed by atoms with Crippen LogP contribution in [0.25, 0.3) is 0 Å². The van der Waals surface area contributed by atoms with E-state index in [-0.39, 0.29) is 0 Å². The van der Waals surface area contributed by atoms with Crippen LogP contribution >= 0.6 is 0 Å². The van der Waals surface area contributed by atoms with Gasteiger partial charge in [0.25, 0.3) is 16.1 Å². The average molecular weight is 566 g/mol. The molecule has 0 N–H and O–H groups in total. The predicted molar refractivity (Wildman–Crippen MR) is 175 cm³/mol. The summed E-state index contributed by atoms with van der Waals surface area (Å²) in [6, 6.07) is 0. The Kier molecular flexibility index (Phi) is 11.8. The normalized spacial score (nSPS) is 12.0. The van der Waals surface area contributed by atoms with Crippen molar-refractivity contribution in [1.82, 2.24) is 0 Å². The topological polar surface area (TPSA) is 0 Å². The molecule has 34 heavy (non-hydrogen) atoms. The monoisotopic (exact) mass is 565 g/mol. The van der Waals surface area contributed by atoms with E-state index in [1.807, 2.05) is 0 Å². The second-order valence-corrected chi connectivity index (χ2v) is 40.1. The molecule has 0 saturated heterocycles. The predicted octanol–water partition coefficient (Wildman–Crippen LogP) is 6.11. The first-order chi connectivity index (χ1) is 14.9. The quantitative estimate of drug-likeness (QED) is 0.245. The molecular formula is C27H45Si7. The van der Waals surface area contributed by atoms with Gasteiger partial charge in [-0.3, -0.25) is 0 Å². The summed E-state index contributed by atoms with van der Waals surface area (Å²) < 4.78 is 0. The second kappa shape index (κ2) is 12.2. The third-order valence-electron chi connectivity index (χ3n) is 3.75. The van der Waals surface area contributed by atoms with Crippen molar-refractivity contribution in [2.75, 3.05) is 0 Å². The highest BCUT2D eigenvalue weighted by molar-refractivity contribution is 7.04. The fourth-order valence-electron chi connectivity index (χ4n) is 1.91. The van der Waals surface area contributed by atoms with Crippen LogP contribution in [0.5, 0.6) is 0 Å². The van der Waals surface area contributed by atoms with Crippen molar-refractivity contribution in [3.8, 4) is 66.5 Å². The van der Waals surface area contributed by atoms with Crippen LogP contribution in [0.2, 0.25) is 98.2 Å². The Hall–Kier alpha value is -1.12. The molecule has 0 nitrogen and oxygen atoms in total. The second-order valence-electron chi connectivity index (χ2n) is 13.4. The molecule has 0 saturated carbocycles. The highest BCUT2D eigenvalue weighted by atomic mass is 28.3. The van der Waals surface area contributed by atoms with Crippen LogP contribution in [0.3, 0.4) is 0 Å². The van der Waals surface area contributed by atoms with E-state index in [0.717, 1.165) is 0 Å². The molecule has 0 spiro atoms. The first kappa shape index (κ1) is 32.9. The van der Waals surface area contributed by atoms with Gasteiger partial charge in [-0.1, -0.05) is 78.6 Å². The van der Waals surface area contributed by atoms with Gasteiger partial charge in [-0.25, -0.2) is 0 Å². The van der Waals surface area contributed by atoms with Crippen LogP contribution in [0.1, 0.15) is 0 Å². The lowest BCUT2D eigenvalue weighted by molar-refractivity contribution is 1.81. The summed E-state index contributed by atoms with van der Waals surface area (Å²) in [5.74, 6) is 0. The average Bonchev–Trinajstić information content (AvgIpc) is 2.63. The fraction of sp³-hybridized carbons (Fsp3) is 0.556. The van der Waals surface area contributed by atoms with Crippen LogP contribution < -0.4 is 0 Å². The van der Waals surface area contributed by atoms with Crippen LogP contribution in [0.4, 0.5) is 0 Å². The van der Waals surface area contributed by atoms with Crippen LogP contribution in [0, 0.1) is 66.5 Å². The van der Waals surface area contributed by atoms with Gasteiger partial charge < -0.3 is 0 Å². The number of hydrogen-bond acceptors (Lipinski definition) is 0. The van der Waals surface area contributed by atoms with E-state index in [0.29, 0.717) is 0 Å². The summed E-state index contributed by atoms with van der Waals surface area (Å²) in [7, 11) is -11.6. The highest BCUT2D eigenvalue weighted by Gasteiger charge is 2.24. The Morgan fingerprint density at radius 2 is 0.529 bits per heavy atom. The molecular weight excluding hydrogens is 521 g/mol. The van der Waals surface area contributed by atoms with E-state index in [4.69, 9.17) is 0 Å². The minimum Gasteiger partial charge on any atom is -0.137 e. The maximum Gasteiger partial charge on any atom is 0.285 e. The van der Waals surface area contributed by atoms with Crippen molar-refractivity contribution in [3.63, 3.8) is 0 Å². The Morgan fingerprint density at radius 1 is 0.324 bits per heavy atom. The summed E-state index contributed by atoms with van der Waals surface area (Å²) in [5.41, 5.74) is 42.7. The minimum absolute atomic E-state index is 1.15. The maximum atomic E-state index is 3.58. The molecule has 0 aliphatic heterocycles. The van der Waals surface area contributed by atoms with Gasteiger partial charge in [0, 0.05) is 0 Å². The van der Waals surface area contributed by atoms with E-state index in [1.165, 1.54) is 0 Å². The van der Waals surface area contributed by atoms with Gasteiger partial charge in [-0.2, -0.15) is 0 Å². The largest absolute Gasteiger partial charge is 0.285 e. The lowest BCUT2D eigenvalue weighted by atomic mass is 11.3. The zero-order chi connectivity index (χ0) is 27.1. The zero-order valence-electron chi connectivity index (χ0n) is 24.5. The lowest BCUT2D eigenvalue weighted by Crippen LogP contribution is -2.30. The van der Waals surface area contributed by atoms with Gasteiger partial charge in [0.05, 0.1) is 0 Å². The summed E-state index contributed by atoms with van der Waals surface area (Å²) >= 11 is 0. The van der Waals surface area contributed by atoms with Crippen LogP contribution in [-0.4, -0.2) is 57.2 Å². The molecule has 0 heterocycles. The van der Waals surface area contributed by atoms with Gasteiger partial charge in [0.1, 0.15) is 32.3 Å². The Balaban J connectivity index is 6.36. The van der Waals surface area contributed by atoms with E-state index in [2.05, 4.69) is 165 Å². The first-order valence-corrected chi connectivity index (χ1v) is 33.0. The molecule has 1 radical (unpaired) electrons. The van der Waals surface area contributed by atoms with Crippen molar-refractivity contribution in [1.29, 1.82) is 0 Å². The standard InChI is InChI=1S/C27H45Si7/c1-28(16-18-33(14,24-20-29(2,3)4)25-21-30(5,6)7)17-19-34(15,26-22-31(8,9)10)27-23-32(11,12)13/h1-15H3. The zero-order valence-corrected chi connectivity index (χ0v) is 31.5. The summed E-state index contributed by atoms with van der Waals surface area (Å²) in [6.07, 6.45) is 0. The molecule has 7 heteroatoms. The molecule has 181 valence electrons. The Labute approximate surface area is 220 Å². The molecule has 0 aromatic carbocycles. The van der Waals surface area contributed by atoms with Gasteiger partial charge >= 0.3 is 0 Å². The summed E-state index contributed by atoms with van der Waals surface area (Å²) in [4.78, 5) is 0. The third kappa shape index (κ3) is 18.2. The molecule has 0 rings (SSSR count). The van der Waals surface area contributed by atoms with Crippen molar-refractivity contribution < 1.29 is 0 Å². The molecule has 0 aromatic rings. The molecule has 0 aliphatic rings. The van der Waals surface area contributed by atoms with Crippen LogP contribution in [-0.2, 0) is 0 Å². The molecule has 0 aromatic heterocycles. The summed E-state index contributed by atoms with van der Waals surface area (Å²) in [5, 5.41) is 0. The van der Waals surface area contributed by atoms with E-state index in [1.54, 1.807) is 0 Å². The highest BCUT2D eigenvalue weighted by Crippen LogP contribution is 2.06. The fourth-order valence-corrected chi connectivity index (χ4v) is 15.8. The van der Waals surface area contributed by atoms with Crippen molar-refractivity contribution in [2.45, 2.75) is 98.2 Å². The van der Waals surface area contributed by atoms with Gasteiger partial charge in [0.2, 0.25) is 8.80 Å². The smallest absolute Gasteiger partial charge is 0.137 e. The van der Waals surface area contributed by atoms with E-state index >= 15 is 0 Å². The van der Waals surface area contributed by atoms with Crippen molar-refractivity contribution in [3.05, 3.63) is 0 Å². The molecule has 0 atom stereocenters. The van der Waals surface area contributed by atoms with E-state index in [9.17, 15) is 0 Å². The number of rotatable bonds is 0. The van der Waals surface area contributed by atoms with E-state index < -0.39 is 57.2 Å². The Bertz CT molecular complexity index is 958. The SMILES string of the molecule is C[Si](C#C[Si](C)(C#C[Si](C)(C)C)C#C[Si](C)(C)C)C#C[Si](C)(C#C[Si](C)(C)C)C#C[Si](C)(C)C. The third-order valence-corrected chi connectivity index (χ3v) is 13.5. The molecule has 0 fully saturated rings. The Morgan fingerprint density at radius 3 is 0.706 bits per heavy atom. The maximum absolute atomic E-state index is 3.58. The minimum atomic E-state index is -2.28. The lowest BCUT2D eigenvalue weighted by Gasteiger charge is -2.11. The molecule has 0 amide bonds. The number of hydrogen-bond donors (Lipinski definition) is 0. The summed E-state index contributed by atoms with van der Waals surface area (Å²) in [6.45, 7) is 34.0. The van der Waals surface area contributed by atoms with Gasteiger partial charge in [-0.15, -0.1) is 66.5 Å².